The van der Waals surface area contributed by atoms with Gasteiger partial charge in [-0.1, -0.05) is 6.92 Å². The molecule has 110 valence electrons. The van der Waals surface area contributed by atoms with Gasteiger partial charge in [-0.3, -0.25) is 4.79 Å². The van der Waals surface area contributed by atoms with Crippen LogP contribution in [0.4, 0.5) is 0 Å². The van der Waals surface area contributed by atoms with Crippen LogP contribution in [0.15, 0.2) is 0 Å². The minimum absolute atomic E-state index is 0.0383. The molecule has 0 saturated carbocycles. The topological polar surface area (TPSA) is 83.8 Å². The monoisotopic (exact) mass is 272 g/mol. The molecule has 5 nitrogen and oxygen atoms in total. The molecule has 1 fully saturated rings. The second-order valence-corrected chi connectivity index (χ2v) is 5.63. The van der Waals surface area contributed by atoms with E-state index in [1.807, 2.05) is 6.92 Å². The molecule has 0 unspecified atom stereocenters. The van der Waals surface area contributed by atoms with Gasteiger partial charge in [0.05, 0.1) is 24.4 Å². The van der Waals surface area contributed by atoms with Crippen LogP contribution in [0.3, 0.4) is 0 Å². The number of aliphatic hydroxyl groups is 2. The van der Waals surface area contributed by atoms with Gasteiger partial charge in [0.25, 0.3) is 0 Å². The first-order valence-electron chi connectivity index (χ1n) is 6.81. The summed E-state index contributed by atoms with van der Waals surface area (Å²) in [5.74, 6) is -0.140. The van der Waals surface area contributed by atoms with Gasteiger partial charge >= 0.3 is 0 Å². The normalized spacial score (nSPS) is 35.7. The van der Waals surface area contributed by atoms with E-state index in [1.165, 1.54) is 13.8 Å². The summed E-state index contributed by atoms with van der Waals surface area (Å²) in [6.07, 6.45) is -1.28. The van der Waals surface area contributed by atoms with Crippen molar-refractivity contribution < 1.29 is 24.5 Å². The number of hydrogen-bond acceptors (Lipinski definition) is 5. The van der Waals surface area contributed by atoms with Crippen LogP contribution in [-0.4, -0.2) is 46.2 Å². The van der Waals surface area contributed by atoms with E-state index in [4.69, 9.17) is 4.74 Å². The van der Waals surface area contributed by atoms with Gasteiger partial charge in [-0.15, -0.1) is 0 Å². The lowest BCUT2D eigenvalue weighted by Crippen LogP contribution is -2.36. The minimum Gasteiger partial charge on any atom is -0.390 e. The summed E-state index contributed by atoms with van der Waals surface area (Å²) >= 11 is 0. The zero-order valence-electron chi connectivity index (χ0n) is 11.8. The van der Waals surface area contributed by atoms with E-state index in [9.17, 15) is 19.8 Å². The number of ketones is 2. The highest BCUT2D eigenvalue weighted by Crippen LogP contribution is 2.28. The Labute approximate surface area is 114 Å². The van der Waals surface area contributed by atoms with Gasteiger partial charge in [-0.25, -0.2) is 0 Å². The molecule has 2 N–H and O–H groups in total. The predicted molar refractivity (Wildman–Crippen MR) is 69.7 cm³/mol. The minimum atomic E-state index is -0.754. The third-order valence-corrected chi connectivity index (χ3v) is 3.63. The second-order valence-electron chi connectivity index (χ2n) is 5.63. The zero-order chi connectivity index (χ0) is 14.6. The smallest absolute Gasteiger partial charge is 0.132 e. The van der Waals surface area contributed by atoms with E-state index >= 15 is 0 Å². The lowest BCUT2D eigenvalue weighted by atomic mass is 9.92. The van der Waals surface area contributed by atoms with Crippen molar-refractivity contribution in [3.63, 3.8) is 0 Å². The van der Waals surface area contributed by atoms with Crippen LogP contribution in [0, 0.1) is 5.92 Å². The van der Waals surface area contributed by atoms with E-state index in [0.717, 1.165) is 0 Å². The first kappa shape index (κ1) is 16.3. The van der Waals surface area contributed by atoms with Crippen LogP contribution in [0.1, 0.15) is 46.5 Å². The van der Waals surface area contributed by atoms with Crippen molar-refractivity contribution in [2.24, 2.45) is 5.92 Å². The lowest BCUT2D eigenvalue weighted by molar-refractivity contribution is -0.132. The molecule has 0 spiro atoms. The third-order valence-electron chi connectivity index (χ3n) is 3.63. The van der Waals surface area contributed by atoms with Crippen molar-refractivity contribution >= 4 is 11.6 Å². The number of Topliss-reactive ketones (excluding diaryl/α,β-unsaturated/α-hetero) is 2. The van der Waals surface area contributed by atoms with Crippen LogP contribution < -0.4 is 0 Å². The maximum Gasteiger partial charge on any atom is 0.132 e. The van der Waals surface area contributed by atoms with Crippen LogP contribution in [-0.2, 0) is 14.3 Å². The average Bonchev–Trinajstić information content (AvgIpc) is 2.38. The molecular formula is C14H24O5. The van der Waals surface area contributed by atoms with Gasteiger partial charge in [0.15, 0.2) is 0 Å². The molecule has 5 heteroatoms. The number of aliphatic hydroxyl groups excluding tert-OH is 2. The van der Waals surface area contributed by atoms with E-state index in [0.29, 0.717) is 19.3 Å². The first-order valence-corrected chi connectivity index (χ1v) is 6.81. The van der Waals surface area contributed by atoms with Gasteiger partial charge in [0.2, 0.25) is 0 Å². The fraction of sp³-hybridized carbons (Fsp3) is 0.857. The van der Waals surface area contributed by atoms with Gasteiger partial charge in [0, 0.05) is 12.8 Å². The standard InChI is InChI=1S/C14H24O5/c1-8-6-11(17)13(7-10(3)16)19-12(14(8)18)5-4-9(2)15/h8,11-14,17-18H,4-7H2,1-3H3/t8-,11+,12+,13-,14-/m1/s1. The van der Waals surface area contributed by atoms with Crippen molar-refractivity contribution in [2.75, 3.05) is 0 Å². The van der Waals surface area contributed by atoms with Gasteiger partial charge in [-0.2, -0.15) is 0 Å². The Morgan fingerprint density at radius 1 is 1.16 bits per heavy atom. The SMILES string of the molecule is CC(=O)CC[C@@H]1O[C@H](CC(C)=O)[C@@H](O)C[C@@H](C)[C@H]1O. The van der Waals surface area contributed by atoms with Crippen LogP contribution >= 0.6 is 0 Å². The molecule has 1 aliphatic rings. The molecule has 5 atom stereocenters. The van der Waals surface area contributed by atoms with Crippen molar-refractivity contribution in [2.45, 2.75) is 70.9 Å². The Balaban J connectivity index is 2.75. The molecule has 1 rings (SSSR count). The molecule has 1 saturated heterocycles. The largest absolute Gasteiger partial charge is 0.390 e. The Kier molecular flexibility index (Phi) is 6.10. The summed E-state index contributed by atoms with van der Waals surface area (Å²) in [6.45, 7) is 4.79. The number of carbonyl (C=O) groups excluding carboxylic acids is 2. The number of rotatable bonds is 5. The highest BCUT2D eigenvalue weighted by Gasteiger charge is 2.37. The summed E-state index contributed by atoms with van der Waals surface area (Å²) in [6, 6.07) is 0. The molecule has 0 aliphatic carbocycles. The van der Waals surface area contributed by atoms with Crippen LogP contribution in [0.25, 0.3) is 0 Å². The maximum atomic E-state index is 11.2. The van der Waals surface area contributed by atoms with Crippen molar-refractivity contribution in [3.05, 3.63) is 0 Å². The molecule has 19 heavy (non-hydrogen) atoms. The fourth-order valence-corrected chi connectivity index (χ4v) is 2.49. The van der Waals surface area contributed by atoms with Gasteiger partial charge in [0.1, 0.15) is 11.6 Å². The summed E-state index contributed by atoms with van der Waals surface area (Å²) in [5.41, 5.74) is 0. The highest BCUT2D eigenvalue weighted by atomic mass is 16.5. The molecule has 0 aromatic heterocycles. The number of ether oxygens (including phenoxy) is 1. The Hall–Kier alpha value is -0.780. The van der Waals surface area contributed by atoms with Gasteiger partial charge in [-0.05, 0) is 32.6 Å². The lowest BCUT2D eigenvalue weighted by Gasteiger charge is -2.26. The summed E-state index contributed by atoms with van der Waals surface area (Å²) < 4.78 is 5.69. The summed E-state index contributed by atoms with van der Waals surface area (Å²) in [4.78, 5) is 22.2. The van der Waals surface area contributed by atoms with E-state index in [2.05, 4.69) is 0 Å². The molecule has 0 aromatic rings. The van der Waals surface area contributed by atoms with Crippen molar-refractivity contribution in [1.82, 2.24) is 0 Å². The molecule has 0 radical (unpaired) electrons. The Morgan fingerprint density at radius 3 is 2.32 bits per heavy atom. The van der Waals surface area contributed by atoms with Crippen molar-refractivity contribution in [3.8, 4) is 0 Å². The van der Waals surface area contributed by atoms with Crippen LogP contribution in [0.5, 0.6) is 0 Å². The third kappa shape index (κ3) is 5.01. The fourth-order valence-electron chi connectivity index (χ4n) is 2.49. The quantitative estimate of drug-likeness (QED) is 0.775. The molecule has 0 bridgehead atoms. The number of hydrogen-bond donors (Lipinski definition) is 2. The Bertz CT molecular complexity index is 328. The molecule has 1 heterocycles. The number of carbonyl (C=O) groups is 2. The van der Waals surface area contributed by atoms with E-state index in [-0.39, 0.29) is 23.9 Å². The second kappa shape index (κ2) is 7.12. The average molecular weight is 272 g/mol. The van der Waals surface area contributed by atoms with Gasteiger partial charge < -0.3 is 19.7 Å². The highest BCUT2D eigenvalue weighted by molar-refractivity contribution is 5.76. The van der Waals surface area contributed by atoms with E-state index < -0.39 is 24.4 Å². The Morgan fingerprint density at radius 2 is 1.79 bits per heavy atom. The molecule has 1 aliphatic heterocycles. The molecular weight excluding hydrogens is 248 g/mol. The summed E-state index contributed by atoms with van der Waals surface area (Å²) in [7, 11) is 0. The van der Waals surface area contributed by atoms with Crippen molar-refractivity contribution in [1.29, 1.82) is 0 Å². The molecule has 0 amide bonds. The van der Waals surface area contributed by atoms with Crippen LogP contribution in [0.2, 0.25) is 0 Å². The molecule has 0 aromatic carbocycles. The summed E-state index contributed by atoms with van der Waals surface area (Å²) in [5, 5.41) is 20.2. The zero-order valence-corrected chi connectivity index (χ0v) is 11.8. The van der Waals surface area contributed by atoms with E-state index in [1.54, 1.807) is 0 Å². The predicted octanol–water partition coefficient (Wildman–Crippen LogP) is 0.850. The first-order chi connectivity index (χ1) is 8.81. The maximum absolute atomic E-state index is 11.2.